The van der Waals surface area contributed by atoms with E-state index >= 15 is 0 Å². The normalized spacial score (nSPS) is 25.5. The van der Waals surface area contributed by atoms with E-state index in [1.807, 2.05) is 18.2 Å². The van der Waals surface area contributed by atoms with Gasteiger partial charge in [-0.1, -0.05) is 18.2 Å². The molecule has 1 saturated heterocycles. The van der Waals surface area contributed by atoms with Gasteiger partial charge in [0.05, 0.1) is 13.2 Å². The fourth-order valence-corrected chi connectivity index (χ4v) is 2.43. The average Bonchev–Trinajstić information content (AvgIpc) is 2.88. The summed E-state index contributed by atoms with van der Waals surface area (Å²) in [5.41, 5.74) is 1.21. The Hall–Kier alpha value is -1.59. The van der Waals surface area contributed by atoms with Crippen molar-refractivity contribution in [2.24, 2.45) is 0 Å². The van der Waals surface area contributed by atoms with E-state index in [4.69, 9.17) is 9.47 Å². The molecule has 0 aliphatic carbocycles. The van der Waals surface area contributed by atoms with Crippen molar-refractivity contribution in [3.8, 4) is 5.75 Å². The summed E-state index contributed by atoms with van der Waals surface area (Å²) in [5.74, 6) is 0.865. The van der Waals surface area contributed by atoms with Crippen LogP contribution in [0.15, 0.2) is 24.3 Å². The number of benzene rings is 1. The summed E-state index contributed by atoms with van der Waals surface area (Å²) in [5, 5.41) is 6.04. The lowest BCUT2D eigenvalue weighted by molar-refractivity contribution is -0.134. The summed E-state index contributed by atoms with van der Waals surface area (Å²) in [6.07, 6.45) is 0.496. The minimum Gasteiger partial charge on any atom is -0.488 e. The molecule has 2 N–H and O–H groups in total. The third kappa shape index (κ3) is 2.88. The van der Waals surface area contributed by atoms with Gasteiger partial charge in [0.1, 0.15) is 18.0 Å². The largest absolute Gasteiger partial charge is 0.488 e. The van der Waals surface area contributed by atoms with Crippen LogP contribution >= 0.6 is 0 Å². The van der Waals surface area contributed by atoms with Crippen LogP contribution in [-0.4, -0.2) is 44.4 Å². The second-order valence-electron chi connectivity index (χ2n) is 4.86. The van der Waals surface area contributed by atoms with E-state index < -0.39 is 0 Å². The number of amides is 1. The third-order valence-corrected chi connectivity index (χ3v) is 3.44. The molecule has 1 amide bonds. The molecule has 5 heteroatoms. The fourth-order valence-electron chi connectivity index (χ4n) is 2.43. The molecule has 102 valence electrons. The van der Waals surface area contributed by atoms with Crippen molar-refractivity contribution in [2.75, 3.05) is 26.2 Å². The van der Waals surface area contributed by atoms with Crippen LogP contribution in [0.2, 0.25) is 0 Å². The highest BCUT2D eigenvalue weighted by Gasteiger charge is 2.25. The van der Waals surface area contributed by atoms with Crippen molar-refractivity contribution in [1.29, 1.82) is 0 Å². The lowest BCUT2D eigenvalue weighted by Gasteiger charge is -2.23. The molecule has 1 aromatic rings. The molecule has 3 rings (SSSR count). The van der Waals surface area contributed by atoms with E-state index in [0.717, 1.165) is 18.7 Å². The predicted octanol–water partition coefficient (Wildman–Crippen LogP) is 0.0947. The Morgan fingerprint density at radius 2 is 2.32 bits per heavy atom. The Morgan fingerprint density at radius 3 is 3.11 bits per heavy atom. The van der Waals surface area contributed by atoms with Gasteiger partial charge in [0.2, 0.25) is 0 Å². The van der Waals surface area contributed by atoms with Gasteiger partial charge >= 0.3 is 0 Å². The van der Waals surface area contributed by atoms with Crippen LogP contribution in [0, 0.1) is 0 Å². The van der Waals surface area contributed by atoms with Gasteiger partial charge in [0.15, 0.2) is 0 Å². The van der Waals surface area contributed by atoms with Crippen molar-refractivity contribution in [3.05, 3.63) is 29.8 Å². The predicted molar refractivity (Wildman–Crippen MR) is 70.2 cm³/mol. The van der Waals surface area contributed by atoms with Crippen LogP contribution < -0.4 is 15.4 Å². The van der Waals surface area contributed by atoms with E-state index in [-0.39, 0.29) is 18.1 Å². The second-order valence-corrected chi connectivity index (χ2v) is 4.86. The molecular weight excluding hydrogens is 244 g/mol. The lowest BCUT2D eigenvalue weighted by Crippen LogP contribution is -2.49. The molecule has 0 radical (unpaired) electrons. The summed E-state index contributed by atoms with van der Waals surface area (Å²) in [6, 6.07) is 7.99. The number of hydrogen-bond donors (Lipinski definition) is 2. The van der Waals surface area contributed by atoms with Gasteiger partial charge in [0.25, 0.3) is 5.91 Å². The minimum absolute atomic E-state index is 0.0258. The molecule has 1 fully saturated rings. The number of ether oxygens (including phenoxy) is 2. The van der Waals surface area contributed by atoms with E-state index in [1.54, 1.807) is 0 Å². The summed E-state index contributed by atoms with van der Waals surface area (Å²) in [4.78, 5) is 11.9. The summed E-state index contributed by atoms with van der Waals surface area (Å²) in [6.45, 7) is 2.50. The second kappa shape index (κ2) is 5.59. The van der Waals surface area contributed by atoms with Crippen molar-refractivity contribution in [1.82, 2.24) is 10.6 Å². The maximum atomic E-state index is 11.9. The van der Waals surface area contributed by atoms with Gasteiger partial charge in [-0.3, -0.25) is 4.79 Å². The van der Waals surface area contributed by atoms with Crippen LogP contribution in [-0.2, 0) is 16.0 Å². The highest BCUT2D eigenvalue weighted by molar-refractivity contribution is 5.81. The number of hydrogen-bond acceptors (Lipinski definition) is 4. The smallest absolute Gasteiger partial charge is 0.250 e. The first-order chi connectivity index (χ1) is 9.33. The Kier molecular flexibility index (Phi) is 3.66. The van der Waals surface area contributed by atoms with Gasteiger partial charge in [-0.15, -0.1) is 0 Å². The molecule has 0 saturated carbocycles. The van der Waals surface area contributed by atoms with E-state index in [9.17, 15) is 4.79 Å². The Labute approximate surface area is 112 Å². The summed E-state index contributed by atoms with van der Waals surface area (Å²) >= 11 is 0. The fraction of sp³-hybridized carbons (Fsp3) is 0.500. The van der Waals surface area contributed by atoms with Crippen LogP contribution in [0.5, 0.6) is 5.75 Å². The van der Waals surface area contributed by atoms with Crippen LogP contribution in [0.25, 0.3) is 0 Å². The van der Waals surface area contributed by atoms with Crippen molar-refractivity contribution in [3.63, 3.8) is 0 Å². The van der Waals surface area contributed by atoms with Gasteiger partial charge < -0.3 is 20.1 Å². The maximum Gasteiger partial charge on any atom is 0.250 e. The number of nitrogens with one attached hydrogen (secondary N) is 2. The number of carbonyl (C=O) groups excluding carboxylic acids is 1. The first-order valence-corrected chi connectivity index (χ1v) is 6.67. The third-order valence-electron chi connectivity index (χ3n) is 3.44. The van der Waals surface area contributed by atoms with Crippen molar-refractivity contribution >= 4 is 5.91 Å². The Bertz CT molecular complexity index is 433. The number of para-hydroxylation sites is 1. The average molecular weight is 262 g/mol. The quantitative estimate of drug-likeness (QED) is 0.811. The first kappa shape index (κ1) is 12.4. The molecule has 2 aliphatic heterocycles. The SMILES string of the molecule is O=C(NCC1Cc2ccccc2O1)C1CNCCO1. The monoisotopic (exact) mass is 262 g/mol. The Morgan fingerprint density at radius 1 is 1.42 bits per heavy atom. The molecule has 2 unspecified atom stereocenters. The maximum absolute atomic E-state index is 11.9. The van der Waals surface area contributed by atoms with Gasteiger partial charge in [-0.05, 0) is 11.6 Å². The molecule has 5 nitrogen and oxygen atoms in total. The first-order valence-electron chi connectivity index (χ1n) is 6.67. The molecule has 1 aromatic carbocycles. The zero-order valence-corrected chi connectivity index (χ0v) is 10.7. The number of morpholine rings is 1. The molecule has 2 heterocycles. The number of fused-ring (bicyclic) bond motifs is 1. The molecule has 0 spiro atoms. The summed E-state index contributed by atoms with van der Waals surface area (Å²) in [7, 11) is 0. The Balaban J connectivity index is 1.47. The molecule has 19 heavy (non-hydrogen) atoms. The van der Waals surface area contributed by atoms with Gasteiger partial charge in [-0.25, -0.2) is 0 Å². The molecule has 2 atom stereocenters. The van der Waals surface area contributed by atoms with E-state index in [1.165, 1.54) is 5.56 Å². The van der Waals surface area contributed by atoms with Crippen LogP contribution in [0.3, 0.4) is 0 Å². The van der Waals surface area contributed by atoms with Crippen LogP contribution in [0.1, 0.15) is 5.56 Å². The van der Waals surface area contributed by atoms with Crippen molar-refractivity contribution < 1.29 is 14.3 Å². The minimum atomic E-state index is -0.377. The molecule has 2 aliphatic rings. The number of rotatable bonds is 3. The molecule has 0 bridgehead atoms. The molecule has 0 aromatic heterocycles. The summed E-state index contributed by atoms with van der Waals surface area (Å²) < 4.78 is 11.2. The van der Waals surface area contributed by atoms with Crippen LogP contribution in [0.4, 0.5) is 0 Å². The van der Waals surface area contributed by atoms with Crippen molar-refractivity contribution in [2.45, 2.75) is 18.6 Å². The van der Waals surface area contributed by atoms with Gasteiger partial charge in [0, 0.05) is 19.5 Å². The van der Waals surface area contributed by atoms with Gasteiger partial charge in [-0.2, -0.15) is 0 Å². The van der Waals surface area contributed by atoms with E-state index in [0.29, 0.717) is 19.7 Å². The highest BCUT2D eigenvalue weighted by atomic mass is 16.5. The molecular formula is C14H18N2O3. The topological polar surface area (TPSA) is 59.6 Å². The number of carbonyl (C=O) groups is 1. The van der Waals surface area contributed by atoms with E-state index in [2.05, 4.69) is 16.7 Å². The highest BCUT2D eigenvalue weighted by Crippen LogP contribution is 2.27. The standard InChI is InChI=1S/C14H18N2O3/c17-14(13-9-15-5-6-18-13)16-8-11-7-10-3-1-2-4-12(10)19-11/h1-4,11,13,15H,5-9H2,(H,16,17). The zero-order valence-electron chi connectivity index (χ0n) is 10.7. The lowest BCUT2D eigenvalue weighted by atomic mass is 10.1. The zero-order chi connectivity index (χ0) is 13.1.